The van der Waals surface area contributed by atoms with E-state index < -0.39 is 11.8 Å². The third kappa shape index (κ3) is 2.52. The number of carbonyl (C=O) groups is 1. The van der Waals surface area contributed by atoms with Crippen LogP contribution in [0.5, 0.6) is 0 Å². The summed E-state index contributed by atoms with van der Waals surface area (Å²) in [6, 6.07) is 4.12. The van der Waals surface area contributed by atoms with E-state index in [1.807, 2.05) is 0 Å². The maximum Gasteiger partial charge on any atom is 0.338 e. The van der Waals surface area contributed by atoms with Gasteiger partial charge in [0.1, 0.15) is 5.82 Å². The average molecular weight is 247 g/mol. The van der Waals surface area contributed by atoms with Crippen LogP contribution in [0.4, 0.5) is 4.39 Å². The van der Waals surface area contributed by atoms with E-state index in [1.54, 1.807) is 6.92 Å². The number of halogens is 2. The third-order valence-electron chi connectivity index (χ3n) is 1.43. The van der Waals surface area contributed by atoms with Gasteiger partial charge in [0.15, 0.2) is 0 Å². The standard InChI is InChI=1S/C9H8BrFO2/c1-2-13-9(12)6-3-4-7(10)8(11)5-6/h3-5H,2H2,1H3. The lowest BCUT2D eigenvalue weighted by atomic mass is 10.2. The van der Waals surface area contributed by atoms with Gasteiger partial charge in [0, 0.05) is 0 Å². The number of hydrogen-bond donors (Lipinski definition) is 0. The first-order valence-electron chi connectivity index (χ1n) is 3.77. The molecule has 0 saturated heterocycles. The fourth-order valence-corrected chi connectivity index (χ4v) is 1.08. The second-order valence-corrected chi connectivity index (χ2v) is 3.20. The smallest absolute Gasteiger partial charge is 0.338 e. The molecule has 0 bridgehead atoms. The van der Waals surface area contributed by atoms with Gasteiger partial charge >= 0.3 is 5.97 Å². The summed E-state index contributed by atoms with van der Waals surface area (Å²) in [6.45, 7) is 1.99. The molecule has 2 nitrogen and oxygen atoms in total. The van der Waals surface area contributed by atoms with Crippen molar-refractivity contribution in [2.75, 3.05) is 6.61 Å². The monoisotopic (exact) mass is 246 g/mol. The highest BCUT2D eigenvalue weighted by Crippen LogP contribution is 2.16. The van der Waals surface area contributed by atoms with E-state index in [0.29, 0.717) is 4.47 Å². The predicted molar refractivity (Wildman–Crippen MR) is 50.1 cm³/mol. The van der Waals surface area contributed by atoms with Crippen molar-refractivity contribution in [2.24, 2.45) is 0 Å². The second kappa shape index (κ2) is 4.37. The summed E-state index contributed by atoms with van der Waals surface area (Å²) in [6.07, 6.45) is 0. The van der Waals surface area contributed by atoms with Gasteiger partial charge in [-0.05, 0) is 41.1 Å². The zero-order chi connectivity index (χ0) is 9.84. The van der Waals surface area contributed by atoms with E-state index in [1.165, 1.54) is 12.1 Å². The highest BCUT2D eigenvalue weighted by Gasteiger charge is 2.08. The normalized spacial score (nSPS) is 9.77. The van der Waals surface area contributed by atoms with Crippen LogP contribution in [-0.4, -0.2) is 12.6 Å². The summed E-state index contributed by atoms with van der Waals surface area (Å²) in [5.41, 5.74) is 0.225. The first kappa shape index (κ1) is 10.2. The molecule has 13 heavy (non-hydrogen) atoms. The number of esters is 1. The highest BCUT2D eigenvalue weighted by atomic mass is 79.9. The molecule has 0 aliphatic heterocycles. The Bertz CT molecular complexity index is 325. The molecule has 0 saturated carbocycles. The Morgan fingerprint density at radius 1 is 1.62 bits per heavy atom. The number of carbonyl (C=O) groups excluding carboxylic acids is 1. The van der Waals surface area contributed by atoms with Gasteiger partial charge in [-0.2, -0.15) is 0 Å². The summed E-state index contributed by atoms with van der Waals surface area (Å²) in [7, 11) is 0. The molecule has 1 aromatic rings. The minimum atomic E-state index is -0.506. The lowest BCUT2D eigenvalue weighted by Gasteiger charge is -2.01. The van der Waals surface area contributed by atoms with Crippen LogP contribution in [0.1, 0.15) is 17.3 Å². The lowest BCUT2D eigenvalue weighted by molar-refractivity contribution is 0.0526. The summed E-state index contributed by atoms with van der Waals surface area (Å²) < 4.78 is 18.0. The summed E-state index contributed by atoms with van der Waals surface area (Å²) in [4.78, 5) is 11.1. The Balaban J connectivity index is 2.90. The minimum absolute atomic E-state index is 0.225. The topological polar surface area (TPSA) is 26.3 Å². The third-order valence-corrected chi connectivity index (χ3v) is 2.07. The molecule has 0 atom stereocenters. The van der Waals surface area contributed by atoms with Crippen LogP contribution in [0.25, 0.3) is 0 Å². The highest BCUT2D eigenvalue weighted by molar-refractivity contribution is 9.10. The Labute approximate surface area is 83.8 Å². The Morgan fingerprint density at radius 2 is 2.31 bits per heavy atom. The van der Waals surface area contributed by atoms with Gasteiger partial charge in [0.05, 0.1) is 16.6 Å². The molecule has 1 aromatic carbocycles. The van der Waals surface area contributed by atoms with Crippen molar-refractivity contribution >= 4 is 21.9 Å². The lowest BCUT2D eigenvalue weighted by Crippen LogP contribution is -2.04. The van der Waals surface area contributed by atoms with E-state index in [2.05, 4.69) is 15.9 Å². The SMILES string of the molecule is CCOC(=O)c1ccc(Br)c(F)c1. The molecule has 0 fully saturated rings. The summed E-state index contributed by atoms with van der Waals surface area (Å²) >= 11 is 2.99. The van der Waals surface area contributed by atoms with Crippen molar-refractivity contribution in [1.82, 2.24) is 0 Å². The van der Waals surface area contributed by atoms with Crippen LogP contribution in [-0.2, 0) is 4.74 Å². The Hall–Kier alpha value is -0.900. The van der Waals surface area contributed by atoms with Crippen LogP contribution in [0.3, 0.4) is 0 Å². The maximum absolute atomic E-state index is 12.9. The fraction of sp³-hybridized carbons (Fsp3) is 0.222. The molecule has 0 aromatic heterocycles. The second-order valence-electron chi connectivity index (χ2n) is 2.35. The molecular formula is C9H8BrFO2. The molecular weight excluding hydrogens is 239 g/mol. The molecule has 4 heteroatoms. The Morgan fingerprint density at radius 3 is 2.85 bits per heavy atom. The number of hydrogen-bond acceptors (Lipinski definition) is 2. The van der Waals surface area contributed by atoms with Crippen molar-refractivity contribution in [2.45, 2.75) is 6.92 Å². The van der Waals surface area contributed by atoms with Gasteiger partial charge in [0.25, 0.3) is 0 Å². The van der Waals surface area contributed by atoms with Crippen molar-refractivity contribution in [3.63, 3.8) is 0 Å². The van der Waals surface area contributed by atoms with Crippen molar-refractivity contribution in [3.8, 4) is 0 Å². The molecule has 70 valence electrons. The molecule has 0 N–H and O–H groups in total. The van der Waals surface area contributed by atoms with Crippen LogP contribution < -0.4 is 0 Å². The van der Waals surface area contributed by atoms with Gasteiger partial charge in [-0.15, -0.1) is 0 Å². The van der Waals surface area contributed by atoms with E-state index in [-0.39, 0.29) is 12.2 Å². The molecule has 0 heterocycles. The van der Waals surface area contributed by atoms with Gasteiger partial charge in [-0.3, -0.25) is 0 Å². The maximum atomic E-state index is 12.9. The number of ether oxygens (including phenoxy) is 1. The zero-order valence-electron chi connectivity index (χ0n) is 7.01. The molecule has 1 rings (SSSR count). The van der Waals surface area contributed by atoms with E-state index >= 15 is 0 Å². The molecule has 0 unspecified atom stereocenters. The van der Waals surface area contributed by atoms with Crippen LogP contribution in [0.2, 0.25) is 0 Å². The number of rotatable bonds is 2. The van der Waals surface area contributed by atoms with Crippen LogP contribution >= 0.6 is 15.9 Å². The number of benzene rings is 1. The van der Waals surface area contributed by atoms with Gasteiger partial charge in [-0.1, -0.05) is 0 Å². The van der Waals surface area contributed by atoms with Crippen molar-refractivity contribution in [3.05, 3.63) is 34.1 Å². The van der Waals surface area contributed by atoms with Crippen LogP contribution in [0.15, 0.2) is 22.7 Å². The molecule has 0 aliphatic rings. The summed E-state index contributed by atoms with van der Waals surface area (Å²) in [5, 5.41) is 0. The Kier molecular flexibility index (Phi) is 3.42. The van der Waals surface area contributed by atoms with Gasteiger partial charge in [-0.25, -0.2) is 9.18 Å². The molecule has 0 radical (unpaired) electrons. The minimum Gasteiger partial charge on any atom is -0.462 e. The van der Waals surface area contributed by atoms with Gasteiger partial charge < -0.3 is 4.74 Å². The first-order chi connectivity index (χ1) is 6.15. The largest absolute Gasteiger partial charge is 0.462 e. The van der Waals surface area contributed by atoms with Gasteiger partial charge in [0.2, 0.25) is 0 Å². The average Bonchev–Trinajstić information content (AvgIpc) is 2.10. The van der Waals surface area contributed by atoms with E-state index in [0.717, 1.165) is 6.07 Å². The first-order valence-corrected chi connectivity index (χ1v) is 4.56. The molecule has 0 spiro atoms. The van der Waals surface area contributed by atoms with Crippen LogP contribution in [0, 0.1) is 5.82 Å². The summed E-state index contributed by atoms with van der Waals surface area (Å²) in [5.74, 6) is -0.973. The van der Waals surface area contributed by atoms with Crippen molar-refractivity contribution < 1.29 is 13.9 Å². The van der Waals surface area contributed by atoms with Crippen molar-refractivity contribution in [1.29, 1.82) is 0 Å². The van der Waals surface area contributed by atoms with E-state index in [9.17, 15) is 9.18 Å². The molecule has 0 amide bonds. The molecule has 0 aliphatic carbocycles. The quantitative estimate of drug-likeness (QED) is 0.751. The zero-order valence-corrected chi connectivity index (χ0v) is 8.60. The van der Waals surface area contributed by atoms with E-state index in [4.69, 9.17) is 4.74 Å². The fourth-order valence-electron chi connectivity index (χ4n) is 0.838. The predicted octanol–water partition coefficient (Wildman–Crippen LogP) is 2.76.